The van der Waals surface area contributed by atoms with Crippen molar-refractivity contribution in [3.8, 4) is 0 Å². The minimum absolute atomic E-state index is 0.0439. The molecule has 0 amide bonds. The maximum absolute atomic E-state index is 6.10. The van der Waals surface area contributed by atoms with Gasteiger partial charge in [-0.25, -0.2) is 0 Å². The second-order valence-corrected chi connectivity index (χ2v) is 7.12. The van der Waals surface area contributed by atoms with E-state index >= 15 is 0 Å². The van der Waals surface area contributed by atoms with Gasteiger partial charge in [-0.15, -0.1) is 0 Å². The van der Waals surface area contributed by atoms with Crippen LogP contribution in [-0.4, -0.2) is 11.5 Å². The first-order valence-electron chi connectivity index (χ1n) is 7.55. The van der Waals surface area contributed by atoms with Crippen molar-refractivity contribution in [1.82, 2.24) is 4.98 Å². The lowest BCUT2D eigenvalue weighted by Gasteiger charge is -2.30. The van der Waals surface area contributed by atoms with E-state index in [1.807, 2.05) is 12.4 Å². The lowest BCUT2D eigenvalue weighted by Crippen LogP contribution is -2.34. The molecule has 0 spiro atoms. The molecule has 2 aromatic rings. The molecule has 1 atom stereocenters. The summed E-state index contributed by atoms with van der Waals surface area (Å²) in [5, 5.41) is 0. The Balaban J connectivity index is 2.28. The van der Waals surface area contributed by atoms with E-state index in [0.717, 1.165) is 6.42 Å². The minimum atomic E-state index is -0.0439. The van der Waals surface area contributed by atoms with Crippen LogP contribution in [0.5, 0.6) is 0 Å². The van der Waals surface area contributed by atoms with Gasteiger partial charge in [-0.05, 0) is 40.7 Å². The van der Waals surface area contributed by atoms with Gasteiger partial charge in [-0.1, -0.05) is 52.0 Å². The monoisotopic (exact) mass is 282 g/mol. The Bertz CT molecular complexity index is 567. The number of rotatable bonds is 4. The van der Waals surface area contributed by atoms with Crippen LogP contribution in [0, 0.1) is 0 Å². The number of hydrogen-bond acceptors (Lipinski definition) is 2. The van der Waals surface area contributed by atoms with Crippen LogP contribution >= 0.6 is 0 Å². The van der Waals surface area contributed by atoms with Crippen LogP contribution in [0.3, 0.4) is 0 Å². The predicted octanol–water partition coefficient (Wildman–Crippen LogP) is 3.84. The van der Waals surface area contributed by atoms with Crippen molar-refractivity contribution < 1.29 is 0 Å². The Kier molecular flexibility index (Phi) is 4.48. The van der Waals surface area contributed by atoms with Crippen LogP contribution in [0.25, 0.3) is 0 Å². The smallest absolute Gasteiger partial charge is 0.0270 e. The Morgan fingerprint density at radius 2 is 1.38 bits per heavy atom. The predicted molar refractivity (Wildman–Crippen MR) is 89.5 cm³/mol. The van der Waals surface area contributed by atoms with E-state index in [1.54, 1.807) is 0 Å². The quantitative estimate of drug-likeness (QED) is 0.925. The fraction of sp³-hybridized carbons (Fsp3) is 0.421. The average molecular weight is 282 g/mol. The zero-order chi connectivity index (χ0) is 15.5. The SMILES string of the molecule is CC(C)(C)c1ccc(C(C)(CN)Cc2ccncc2)cc1. The highest BCUT2D eigenvalue weighted by atomic mass is 14.6. The second kappa shape index (κ2) is 5.98. The Labute approximate surface area is 128 Å². The van der Waals surface area contributed by atoms with Gasteiger partial charge in [0.05, 0.1) is 0 Å². The molecule has 0 saturated carbocycles. The number of nitrogens with two attached hydrogens (primary N) is 1. The van der Waals surface area contributed by atoms with Crippen molar-refractivity contribution in [3.63, 3.8) is 0 Å². The molecule has 0 aliphatic carbocycles. The third-order valence-corrected chi connectivity index (χ3v) is 4.24. The van der Waals surface area contributed by atoms with Gasteiger partial charge >= 0.3 is 0 Å². The van der Waals surface area contributed by atoms with E-state index in [4.69, 9.17) is 5.73 Å². The highest BCUT2D eigenvalue weighted by Gasteiger charge is 2.26. The largest absolute Gasteiger partial charge is 0.330 e. The Hall–Kier alpha value is -1.67. The maximum atomic E-state index is 6.10. The molecule has 112 valence electrons. The zero-order valence-corrected chi connectivity index (χ0v) is 13.6. The van der Waals surface area contributed by atoms with E-state index < -0.39 is 0 Å². The molecular formula is C19H26N2. The van der Waals surface area contributed by atoms with Crippen LogP contribution < -0.4 is 5.73 Å². The van der Waals surface area contributed by atoms with Crippen LogP contribution in [0.15, 0.2) is 48.8 Å². The Morgan fingerprint density at radius 3 is 1.86 bits per heavy atom. The fourth-order valence-corrected chi connectivity index (χ4v) is 2.62. The van der Waals surface area contributed by atoms with Gasteiger partial charge in [0.2, 0.25) is 0 Å². The summed E-state index contributed by atoms with van der Waals surface area (Å²) in [5.74, 6) is 0. The molecule has 1 unspecified atom stereocenters. The molecule has 21 heavy (non-hydrogen) atoms. The van der Waals surface area contributed by atoms with E-state index in [0.29, 0.717) is 6.54 Å². The van der Waals surface area contributed by atoms with Crippen molar-refractivity contribution >= 4 is 0 Å². The van der Waals surface area contributed by atoms with Gasteiger partial charge in [0, 0.05) is 24.4 Å². The summed E-state index contributed by atoms with van der Waals surface area (Å²) in [5.41, 5.74) is 10.2. The molecule has 1 aromatic heterocycles. The normalized spacial score (nSPS) is 14.7. The van der Waals surface area contributed by atoms with Crippen LogP contribution in [-0.2, 0) is 17.3 Å². The molecule has 0 radical (unpaired) electrons. The summed E-state index contributed by atoms with van der Waals surface area (Å²) >= 11 is 0. The first kappa shape index (κ1) is 15.7. The summed E-state index contributed by atoms with van der Waals surface area (Å²) in [7, 11) is 0. The molecule has 1 aromatic carbocycles. The summed E-state index contributed by atoms with van der Waals surface area (Å²) in [6.45, 7) is 9.58. The maximum Gasteiger partial charge on any atom is 0.0270 e. The van der Waals surface area contributed by atoms with Gasteiger partial charge in [-0.2, -0.15) is 0 Å². The van der Waals surface area contributed by atoms with Crippen LogP contribution in [0.4, 0.5) is 0 Å². The molecule has 0 fully saturated rings. The highest BCUT2D eigenvalue weighted by molar-refractivity contribution is 5.34. The number of hydrogen-bond donors (Lipinski definition) is 1. The first-order chi connectivity index (χ1) is 9.85. The van der Waals surface area contributed by atoms with E-state index in [2.05, 4.69) is 69.1 Å². The Morgan fingerprint density at radius 1 is 0.857 bits per heavy atom. The third kappa shape index (κ3) is 3.70. The standard InChI is InChI=1S/C19H26N2/c1-18(2,3)16-5-7-17(8-6-16)19(4,14-20)13-15-9-11-21-12-10-15/h5-12H,13-14,20H2,1-4H3. The number of benzene rings is 1. The van der Waals surface area contributed by atoms with E-state index in [1.165, 1.54) is 16.7 Å². The topological polar surface area (TPSA) is 38.9 Å². The molecule has 0 bridgehead atoms. The van der Waals surface area contributed by atoms with E-state index in [9.17, 15) is 0 Å². The molecule has 2 nitrogen and oxygen atoms in total. The molecule has 2 N–H and O–H groups in total. The van der Waals surface area contributed by atoms with Crippen LogP contribution in [0.1, 0.15) is 44.4 Å². The van der Waals surface area contributed by atoms with Crippen molar-refractivity contribution in [2.45, 2.75) is 44.9 Å². The average Bonchev–Trinajstić information content (AvgIpc) is 2.47. The van der Waals surface area contributed by atoms with Crippen LogP contribution in [0.2, 0.25) is 0 Å². The molecule has 2 rings (SSSR count). The first-order valence-corrected chi connectivity index (χ1v) is 7.55. The second-order valence-electron chi connectivity index (χ2n) is 7.12. The van der Waals surface area contributed by atoms with Gasteiger partial charge in [-0.3, -0.25) is 4.98 Å². The number of pyridine rings is 1. The van der Waals surface area contributed by atoms with Gasteiger partial charge in [0.15, 0.2) is 0 Å². The molecule has 0 aliphatic rings. The molecule has 0 saturated heterocycles. The lowest BCUT2D eigenvalue weighted by molar-refractivity contribution is 0.480. The molecule has 1 heterocycles. The number of aromatic nitrogens is 1. The lowest BCUT2D eigenvalue weighted by atomic mass is 9.76. The van der Waals surface area contributed by atoms with Crippen molar-refractivity contribution in [2.75, 3.05) is 6.54 Å². The summed E-state index contributed by atoms with van der Waals surface area (Å²) in [6.07, 6.45) is 4.62. The summed E-state index contributed by atoms with van der Waals surface area (Å²) < 4.78 is 0. The van der Waals surface area contributed by atoms with Gasteiger partial charge < -0.3 is 5.73 Å². The van der Waals surface area contributed by atoms with Crippen molar-refractivity contribution in [3.05, 3.63) is 65.5 Å². The third-order valence-electron chi connectivity index (χ3n) is 4.24. The van der Waals surface area contributed by atoms with Gasteiger partial charge in [0.1, 0.15) is 0 Å². The van der Waals surface area contributed by atoms with Crippen molar-refractivity contribution in [1.29, 1.82) is 0 Å². The molecule has 0 aliphatic heterocycles. The minimum Gasteiger partial charge on any atom is -0.330 e. The number of nitrogens with zero attached hydrogens (tertiary/aromatic N) is 1. The van der Waals surface area contributed by atoms with Gasteiger partial charge in [0.25, 0.3) is 0 Å². The summed E-state index contributed by atoms with van der Waals surface area (Å²) in [4.78, 5) is 4.08. The van der Waals surface area contributed by atoms with E-state index in [-0.39, 0.29) is 10.8 Å². The fourth-order valence-electron chi connectivity index (χ4n) is 2.62. The molecule has 2 heteroatoms. The molecular weight excluding hydrogens is 256 g/mol. The zero-order valence-electron chi connectivity index (χ0n) is 13.6. The van der Waals surface area contributed by atoms with Crippen molar-refractivity contribution in [2.24, 2.45) is 5.73 Å². The summed E-state index contributed by atoms with van der Waals surface area (Å²) in [6, 6.07) is 13.1. The highest BCUT2D eigenvalue weighted by Crippen LogP contribution is 2.30.